The second kappa shape index (κ2) is 5.73. The zero-order valence-corrected chi connectivity index (χ0v) is 12.5. The number of nitriles is 1. The Morgan fingerprint density at radius 3 is 2.52 bits per heavy atom. The number of esters is 1. The fourth-order valence-corrected chi connectivity index (χ4v) is 2.85. The topological polar surface area (TPSA) is 93.5 Å². The Balaban J connectivity index is 2.72. The Morgan fingerprint density at radius 2 is 2.00 bits per heavy atom. The van der Waals surface area contributed by atoms with Crippen LogP contribution in [0.25, 0.3) is 0 Å². The minimum absolute atomic E-state index is 0.336. The van der Waals surface area contributed by atoms with E-state index in [0.29, 0.717) is 30.4 Å². The van der Waals surface area contributed by atoms with Gasteiger partial charge in [-0.05, 0) is 36.5 Å². The SMILES string of the molecule is COC(=O)c1c2c(cc(C#N)c1OS(=O)(=O)C(F)(F)F)CCC2. The first kappa shape index (κ1) is 17.1. The molecule has 0 bridgehead atoms. The van der Waals surface area contributed by atoms with E-state index in [4.69, 9.17) is 5.26 Å². The van der Waals surface area contributed by atoms with Gasteiger partial charge in [0.25, 0.3) is 0 Å². The molecule has 0 saturated heterocycles. The van der Waals surface area contributed by atoms with Crippen LogP contribution in [0.5, 0.6) is 5.75 Å². The van der Waals surface area contributed by atoms with Crippen molar-refractivity contribution in [1.29, 1.82) is 5.26 Å². The van der Waals surface area contributed by atoms with Gasteiger partial charge in [0.05, 0.1) is 12.7 Å². The molecule has 0 heterocycles. The second-order valence-corrected chi connectivity index (χ2v) is 6.24. The summed E-state index contributed by atoms with van der Waals surface area (Å²) < 4.78 is 68.7. The van der Waals surface area contributed by atoms with Crippen LogP contribution in [0.1, 0.15) is 33.5 Å². The highest BCUT2D eigenvalue weighted by molar-refractivity contribution is 7.88. The highest BCUT2D eigenvalue weighted by Gasteiger charge is 2.49. The van der Waals surface area contributed by atoms with Gasteiger partial charge in [0.1, 0.15) is 11.6 Å². The summed E-state index contributed by atoms with van der Waals surface area (Å²) >= 11 is 0. The van der Waals surface area contributed by atoms with Crippen molar-refractivity contribution >= 4 is 16.1 Å². The summed E-state index contributed by atoms with van der Waals surface area (Å²) in [6.07, 6.45) is 1.47. The van der Waals surface area contributed by atoms with E-state index >= 15 is 0 Å². The number of carbonyl (C=O) groups is 1. The van der Waals surface area contributed by atoms with Crippen LogP contribution in [0.15, 0.2) is 6.07 Å². The molecule has 6 nitrogen and oxygen atoms in total. The van der Waals surface area contributed by atoms with Crippen LogP contribution in [0.2, 0.25) is 0 Å². The molecular weight excluding hydrogens is 339 g/mol. The van der Waals surface area contributed by atoms with Gasteiger partial charge in [-0.15, -0.1) is 0 Å². The van der Waals surface area contributed by atoms with Crippen LogP contribution in [-0.4, -0.2) is 27.0 Å². The largest absolute Gasteiger partial charge is 0.534 e. The van der Waals surface area contributed by atoms with Crippen LogP contribution < -0.4 is 4.18 Å². The normalized spacial score (nSPS) is 14.0. The molecule has 0 fully saturated rings. The number of nitrogens with zero attached hydrogens (tertiary/aromatic N) is 1. The molecule has 0 aromatic heterocycles. The quantitative estimate of drug-likeness (QED) is 0.471. The molecule has 0 aliphatic heterocycles. The van der Waals surface area contributed by atoms with Gasteiger partial charge in [-0.25, -0.2) is 4.79 Å². The number of alkyl halides is 3. The molecule has 0 atom stereocenters. The fraction of sp³-hybridized carbons (Fsp3) is 0.385. The first-order valence-corrected chi connectivity index (χ1v) is 7.71. The molecule has 0 unspecified atom stereocenters. The molecule has 0 amide bonds. The van der Waals surface area contributed by atoms with Crippen molar-refractivity contribution < 1.29 is 35.3 Å². The lowest BCUT2D eigenvalue weighted by Crippen LogP contribution is -2.29. The number of halogens is 3. The predicted molar refractivity (Wildman–Crippen MR) is 70.1 cm³/mol. The van der Waals surface area contributed by atoms with E-state index in [-0.39, 0.29) is 0 Å². The Labute approximate surface area is 129 Å². The van der Waals surface area contributed by atoms with Gasteiger partial charge >= 0.3 is 21.6 Å². The summed E-state index contributed by atoms with van der Waals surface area (Å²) in [4.78, 5) is 11.9. The van der Waals surface area contributed by atoms with E-state index in [2.05, 4.69) is 8.92 Å². The third-order valence-corrected chi connectivity index (χ3v) is 4.29. The Morgan fingerprint density at radius 1 is 1.35 bits per heavy atom. The van der Waals surface area contributed by atoms with Crippen LogP contribution >= 0.6 is 0 Å². The van der Waals surface area contributed by atoms with Crippen molar-refractivity contribution in [2.45, 2.75) is 24.8 Å². The summed E-state index contributed by atoms with van der Waals surface area (Å²) in [5.41, 5.74) is -5.70. The lowest BCUT2D eigenvalue weighted by molar-refractivity contribution is -0.0500. The molecule has 0 spiro atoms. The highest BCUT2D eigenvalue weighted by Crippen LogP contribution is 2.38. The van der Waals surface area contributed by atoms with E-state index in [1.807, 2.05) is 0 Å². The average Bonchev–Trinajstić information content (AvgIpc) is 2.91. The number of carbonyl (C=O) groups excluding carboxylic acids is 1. The first-order chi connectivity index (χ1) is 10.6. The van der Waals surface area contributed by atoms with Gasteiger partial charge < -0.3 is 8.92 Å². The molecule has 1 aromatic rings. The Kier molecular flexibility index (Phi) is 4.26. The van der Waals surface area contributed by atoms with Gasteiger partial charge in [-0.2, -0.15) is 26.9 Å². The monoisotopic (exact) mass is 349 g/mol. The van der Waals surface area contributed by atoms with Crippen LogP contribution in [0.4, 0.5) is 13.2 Å². The van der Waals surface area contributed by atoms with E-state index in [0.717, 1.165) is 7.11 Å². The fourth-order valence-electron chi connectivity index (χ4n) is 2.37. The summed E-state index contributed by atoms with van der Waals surface area (Å²) in [6, 6.07) is 2.79. The number of rotatable bonds is 3. The molecule has 1 aliphatic carbocycles. The van der Waals surface area contributed by atoms with E-state index in [9.17, 15) is 26.4 Å². The lowest BCUT2D eigenvalue weighted by Gasteiger charge is -2.16. The third-order valence-electron chi connectivity index (χ3n) is 3.34. The molecule has 10 heteroatoms. The average molecular weight is 349 g/mol. The van der Waals surface area contributed by atoms with E-state index in [1.165, 1.54) is 6.07 Å². The molecule has 124 valence electrons. The number of hydrogen-bond donors (Lipinski definition) is 0. The maximum atomic E-state index is 12.5. The molecule has 1 aliphatic rings. The van der Waals surface area contributed by atoms with Crippen LogP contribution in [0.3, 0.4) is 0 Å². The number of ether oxygens (including phenoxy) is 1. The predicted octanol–water partition coefficient (Wildman–Crippen LogP) is 2.06. The molecule has 2 rings (SSSR count). The third kappa shape index (κ3) is 2.96. The second-order valence-electron chi connectivity index (χ2n) is 4.71. The standard InChI is InChI=1S/C13H10F3NO5S/c1-21-12(18)10-9-4-2-3-7(9)5-8(6-17)11(10)22-23(19,20)13(14,15)16/h5H,2-4H2,1H3. The molecule has 23 heavy (non-hydrogen) atoms. The van der Waals surface area contributed by atoms with E-state index in [1.54, 1.807) is 6.07 Å². The zero-order valence-electron chi connectivity index (χ0n) is 11.7. The van der Waals surface area contributed by atoms with Crippen molar-refractivity contribution in [3.8, 4) is 11.8 Å². The summed E-state index contributed by atoms with van der Waals surface area (Å²) in [5.74, 6) is -2.01. The molecular formula is C13H10F3NO5S. The van der Waals surface area contributed by atoms with Gasteiger partial charge in [-0.1, -0.05) is 0 Å². The lowest BCUT2D eigenvalue weighted by atomic mass is 9.98. The van der Waals surface area contributed by atoms with Gasteiger partial charge in [-0.3, -0.25) is 0 Å². The van der Waals surface area contributed by atoms with Crippen molar-refractivity contribution in [2.75, 3.05) is 7.11 Å². The number of benzene rings is 1. The molecule has 0 radical (unpaired) electrons. The highest BCUT2D eigenvalue weighted by atomic mass is 32.2. The van der Waals surface area contributed by atoms with Gasteiger partial charge in [0, 0.05) is 0 Å². The minimum atomic E-state index is -6.02. The zero-order chi connectivity index (χ0) is 17.4. The van der Waals surface area contributed by atoms with Crippen molar-refractivity contribution in [3.63, 3.8) is 0 Å². The minimum Gasteiger partial charge on any atom is -0.465 e. The van der Waals surface area contributed by atoms with Crippen LogP contribution in [-0.2, 0) is 27.7 Å². The summed E-state index contributed by atoms with van der Waals surface area (Å²) in [7, 11) is -5.03. The van der Waals surface area contributed by atoms with Crippen molar-refractivity contribution in [2.24, 2.45) is 0 Å². The molecule has 1 aromatic carbocycles. The maximum Gasteiger partial charge on any atom is 0.534 e. The van der Waals surface area contributed by atoms with Gasteiger partial charge in [0.2, 0.25) is 0 Å². The molecule has 0 saturated carbocycles. The van der Waals surface area contributed by atoms with Crippen molar-refractivity contribution in [3.05, 3.63) is 28.3 Å². The van der Waals surface area contributed by atoms with Gasteiger partial charge in [0.15, 0.2) is 5.75 Å². The molecule has 0 N–H and O–H groups in total. The first-order valence-electron chi connectivity index (χ1n) is 6.30. The number of fused-ring (bicyclic) bond motifs is 1. The maximum absolute atomic E-state index is 12.5. The Hall–Kier alpha value is -2.28. The summed E-state index contributed by atoms with van der Waals surface area (Å²) in [6.45, 7) is 0. The Bertz CT molecular complexity index is 808. The number of aryl methyl sites for hydroxylation is 1. The number of methoxy groups -OCH3 is 1. The van der Waals surface area contributed by atoms with Crippen molar-refractivity contribution in [1.82, 2.24) is 0 Å². The van der Waals surface area contributed by atoms with Crippen LogP contribution in [0, 0.1) is 11.3 Å². The smallest absolute Gasteiger partial charge is 0.465 e. The summed E-state index contributed by atoms with van der Waals surface area (Å²) in [5, 5.41) is 9.07. The number of hydrogen-bond acceptors (Lipinski definition) is 6. The van der Waals surface area contributed by atoms with E-state index < -0.39 is 38.5 Å².